The van der Waals surface area contributed by atoms with E-state index in [-0.39, 0.29) is 5.57 Å². The van der Waals surface area contributed by atoms with Crippen LogP contribution < -0.4 is 0 Å². The summed E-state index contributed by atoms with van der Waals surface area (Å²) in [5, 5.41) is 8.47. The number of phosphoric ester groups is 1. The number of carbonyl (C=O) groups is 1. The second-order valence-electron chi connectivity index (χ2n) is 1.84. The van der Waals surface area contributed by atoms with Gasteiger partial charge >= 0.3 is 13.8 Å². The Hall–Kier alpha value is -0.680. The molecule has 0 bridgehead atoms. The first-order valence-corrected chi connectivity index (χ1v) is 4.49. The van der Waals surface area contributed by atoms with Crippen molar-refractivity contribution in [1.29, 1.82) is 0 Å². The summed E-state index contributed by atoms with van der Waals surface area (Å²) >= 11 is 0. The first-order valence-electron chi connectivity index (χ1n) is 2.96. The molecule has 0 saturated heterocycles. The third kappa shape index (κ3) is 4.25. The molecule has 3 N–H and O–H groups in total. The normalized spacial score (nSPS) is 12.8. The number of aliphatic hydroxyl groups is 1. The van der Waals surface area contributed by atoms with Gasteiger partial charge in [0.05, 0.1) is 12.2 Å². The van der Waals surface area contributed by atoms with Crippen LogP contribution in [0.2, 0.25) is 0 Å². The van der Waals surface area contributed by atoms with Crippen molar-refractivity contribution in [2.45, 2.75) is 6.92 Å². The zero-order chi connectivity index (χ0) is 9.78. The van der Waals surface area contributed by atoms with Crippen LogP contribution in [0, 0.1) is 0 Å². The summed E-state index contributed by atoms with van der Waals surface area (Å²) in [5.41, 5.74) is -0.196. The average molecular weight is 196 g/mol. The van der Waals surface area contributed by atoms with E-state index < -0.39 is 20.4 Å². The maximum atomic E-state index is 10.7. The van der Waals surface area contributed by atoms with Gasteiger partial charge in [-0.2, -0.15) is 0 Å². The number of hydrogen-bond acceptors (Lipinski definition) is 4. The highest BCUT2D eigenvalue weighted by Gasteiger charge is 2.22. The molecule has 0 radical (unpaired) electrons. The van der Waals surface area contributed by atoms with Crippen molar-refractivity contribution < 1.29 is 28.8 Å². The summed E-state index contributed by atoms with van der Waals surface area (Å²) < 4.78 is 13.8. The third-order valence-electron chi connectivity index (χ3n) is 0.983. The van der Waals surface area contributed by atoms with E-state index in [0.717, 1.165) is 0 Å². The molecule has 0 aromatic heterocycles. The molecule has 6 nitrogen and oxygen atoms in total. The summed E-state index contributed by atoms with van der Waals surface area (Å²) in [4.78, 5) is 27.1. The second-order valence-corrected chi connectivity index (χ2v) is 3.01. The van der Waals surface area contributed by atoms with E-state index in [4.69, 9.17) is 14.9 Å². The van der Waals surface area contributed by atoms with Crippen molar-refractivity contribution >= 4 is 13.8 Å². The minimum Gasteiger partial charge on any atom is -0.391 e. The molecule has 0 aromatic carbocycles. The van der Waals surface area contributed by atoms with Crippen LogP contribution in [0.3, 0.4) is 0 Å². The topological polar surface area (TPSA) is 104 Å². The molecular weight excluding hydrogens is 187 g/mol. The lowest BCUT2D eigenvalue weighted by Crippen LogP contribution is -2.08. The molecule has 0 amide bonds. The summed E-state index contributed by atoms with van der Waals surface area (Å²) in [6.45, 7) is 0.821. The number of aliphatic hydroxyl groups excluding tert-OH is 1. The minimum absolute atomic E-state index is 0.196. The molecule has 0 aromatic rings. The lowest BCUT2D eigenvalue weighted by Gasteiger charge is -2.05. The Morgan fingerprint density at radius 3 is 2.33 bits per heavy atom. The molecule has 12 heavy (non-hydrogen) atoms. The van der Waals surface area contributed by atoms with Gasteiger partial charge in [0.2, 0.25) is 0 Å². The van der Waals surface area contributed by atoms with Crippen molar-refractivity contribution in [1.82, 2.24) is 0 Å². The minimum atomic E-state index is -4.80. The standard InChI is InChI=1S/C5H9O6P/c1-2-4(3-6)5(7)11-12(8,9)10/h2,6H,3H2,1H3,(H2,8,9,10)/b4-2+. The molecule has 0 aliphatic rings. The molecule has 0 unspecified atom stereocenters. The maximum absolute atomic E-state index is 10.7. The van der Waals surface area contributed by atoms with Gasteiger partial charge in [-0.15, -0.1) is 0 Å². The van der Waals surface area contributed by atoms with E-state index in [1.54, 1.807) is 0 Å². The first kappa shape index (κ1) is 11.3. The van der Waals surface area contributed by atoms with Crippen LogP contribution in [0.15, 0.2) is 11.6 Å². The molecule has 0 rings (SSSR count). The van der Waals surface area contributed by atoms with Crippen LogP contribution in [0.5, 0.6) is 0 Å². The first-order chi connectivity index (χ1) is 5.40. The van der Waals surface area contributed by atoms with Gasteiger partial charge < -0.3 is 9.63 Å². The van der Waals surface area contributed by atoms with E-state index in [1.807, 2.05) is 0 Å². The van der Waals surface area contributed by atoms with Crippen molar-refractivity contribution in [2.75, 3.05) is 6.61 Å². The average Bonchev–Trinajstić information content (AvgIpc) is 1.85. The van der Waals surface area contributed by atoms with Crippen LogP contribution in [0.25, 0.3) is 0 Å². The van der Waals surface area contributed by atoms with Crippen molar-refractivity contribution in [3.05, 3.63) is 11.6 Å². The van der Waals surface area contributed by atoms with Gasteiger partial charge in [-0.3, -0.25) is 9.79 Å². The van der Waals surface area contributed by atoms with E-state index in [0.29, 0.717) is 0 Å². The highest BCUT2D eigenvalue weighted by molar-refractivity contribution is 7.46. The van der Waals surface area contributed by atoms with Gasteiger partial charge in [0.25, 0.3) is 0 Å². The highest BCUT2D eigenvalue weighted by atomic mass is 31.2. The van der Waals surface area contributed by atoms with Gasteiger partial charge in [0, 0.05) is 0 Å². The molecule has 0 saturated carbocycles. The van der Waals surface area contributed by atoms with Crippen LogP contribution in [0.1, 0.15) is 6.92 Å². The number of allylic oxidation sites excluding steroid dienone is 1. The van der Waals surface area contributed by atoms with E-state index in [9.17, 15) is 9.36 Å². The van der Waals surface area contributed by atoms with Gasteiger partial charge in [-0.25, -0.2) is 9.36 Å². The molecule has 0 aliphatic heterocycles. The number of carbonyl (C=O) groups excluding carboxylic acids is 1. The van der Waals surface area contributed by atoms with Gasteiger partial charge in [0.15, 0.2) is 0 Å². The van der Waals surface area contributed by atoms with E-state index >= 15 is 0 Å². The molecule has 0 spiro atoms. The quantitative estimate of drug-likeness (QED) is 0.417. The summed E-state index contributed by atoms with van der Waals surface area (Å²) in [7, 11) is -4.80. The molecular formula is C5H9O6P. The monoisotopic (exact) mass is 196 g/mol. The fourth-order valence-corrected chi connectivity index (χ4v) is 0.774. The lowest BCUT2D eigenvalue weighted by molar-refractivity contribution is -0.131. The highest BCUT2D eigenvalue weighted by Crippen LogP contribution is 2.36. The second kappa shape index (κ2) is 4.37. The van der Waals surface area contributed by atoms with Crippen molar-refractivity contribution in [2.24, 2.45) is 0 Å². The Morgan fingerprint density at radius 2 is 2.08 bits per heavy atom. The Morgan fingerprint density at radius 1 is 1.58 bits per heavy atom. The fourth-order valence-electron chi connectivity index (χ4n) is 0.440. The summed E-state index contributed by atoms with van der Waals surface area (Å²) in [6.07, 6.45) is 1.21. The van der Waals surface area contributed by atoms with Crippen LogP contribution in [-0.2, 0) is 13.9 Å². The Labute approximate surface area is 68.7 Å². The van der Waals surface area contributed by atoms with Crippen molar-refractivity contribution in [3.63, 3.8) is 0 Å². The Kier molecular flexibility index (Phi) is 4.12. The van der Waals surface area contributed by atoms with Crippen LogP contribution in [-0.4, -0.2) is 27.5 Å². The van der Waals surface area contributed by atoms with Gasteiger partial charge in [0.1, 0.15) is 0 Å². The Bertz CT molecular complexity index is 238. The van der Waals surface area contributed by atoms with Crippen molar-refractivity contribution in [3.8, 4) is 0 Å². The smallest absolute Gasteiger partial charge is 0.391 e. The molecule has 0 fully saturated rings. The van der Waals surface area contributed by atoms with Gasteiger partial charge in [-0.1, -0.05) is 6.08 Å². The molecule has 0 heterocycles. The molecule has 70 valence electrons. The van der Waals surface area contributed by atoms with E-state index in [1.165, 1.54) is 13.0 Å². The van der Waals surface area contributed by atoms with Gasteiger partial charge in [-0.05, 0) is 6.92 Å². The number of rotatable bonds is 3. The zero-order valence-corrected chi connectivity index (χ0v) is 7.19. The third-order valence-corrected chi connectivity index (χ3v) is 1.39. The summed E-state index contributed by atoms with van der Waals surface area (Å²) in [6, 6.07) is 0. The summed E-state index contributed by atoms with van der Waals surface area (Å²) in [5.74, 6) is -1.21. The predicted molar refractivity (Wildman–Crippen MR) is 39.0 cm³/mol. The molecule has 0 atom stereocenters. The van der Waals surface area contributed by atoms with Crippen LogP contribution >= 0.6 is 7.82 Å². The largest absolute Gasteiger partial charge is 0.527 e. The van der Waals surface area contributed by atoms with Crippen LogP contribution in [0.4, 0.5) is 0 Å². The maximum Gasteiger partial charge on any atom is 0.527 e. The Balaban J connectivity index is 4.33. The predicted octanol–water partition coefficient (Wildman–Crippen LogP) is -0.439. The lowest BCUT2D eigenvalue weighted by atomic mass is 10.3. The number of hydrogen-bond donors (Lipinski definition) is 3. The molecule has 0 aliphatic carbocycles. The fraction of sp³-hybridized carbons (Fsp3) is 0.400. The number of phosphoric acid groups is 1. The SMILES string of the molecule is C/C=C(\CO)C(=O)OP(=O)(O)O. The van der Waals surface area contributed by atoms with E-state index in [2.05, 4.69) is 4.52 Å². The molecule has 7 heteroatoms. The zero-order valence-electron chi connectivity index (χ0n) is 6.30.